The SMILES string of the molecule is COc1cccc(CSCCC(N)C(=O)O)c1. The van der Waals surface area contributed by atoms with E-state index in [2.05, 4.69) is 0 Å². The van der Waals surface area contributed by atoms with Gasteiger partial charge in [-0.3, -0.25) is 4.79 Å². The summed E-state index contributed by atoms with van der Waals surface area (Å²) in [5.41, 5.74) is 6.57. The molecule has 1 aromatic carbocycles. The fraction of sp³-hybridized carbons (Fsp3) is 0.417. The van der Waals surface area contributed by atoms with E-state index in [4.69, 9.17) is 15.6 Å². The van der Waals surface area contributed by atoms with Gasteiger partial charge in [-0.15, -0.1) is 0 Å². The van der Waals surface area contributed by atoms with Crippen molar-refractivity contribution in [2.45, 2.75) is 18.2 Å². The molecule has 94 valence electrons. The Bertz CT molecular complexity index is 371. The third-order valence-corrected chi connectivity index (χ3v) is 3.36. The molecule has 0 bridgehead atoms. The lowest BCUT2D eigenvalue weighted by atomic mass is 10.2. The molecule has 1 rings (SSSR count). The van der Waals surface area contributed by atoms with Gasteiger partial charge in [0.1, 0.15) is 11.8 Å². The highest BCUT2D eigenvalue weighted by Gasteiger charge is 2.10. The maximum absolute atomic E-state index is 10.5. The first kappa shape index (κ1) is 13.9. The van der Waals surface area contributed by atoms with E-state index in [0.29, 0.717) is 6.42 Å². The standard InChI is InChI=1S/C12H17NO3S/c1-16-10-4-2-3-9(7-10)8-17-6-5-11(13)12(14)15/h2-4,7,11H,5-6,8,13H2,1H3,(H,14,15). The van der Waals surface area contributed by atoms with Crippen molar-refractivity contribution >= 4 is 17.7 Å². The molecule has 1 aromatic rings. The topological polar surface area (TPSA) is 72.5 Å². The Balaban J connectivity index is 2.28. The van der Waals surface area contributed by atoms with Crippen LogP contribution in [0.25, 0.3) is 0 Å². The molecule has 1 unspecified atom stereocenters. The lowest BCUT2D eigenvalue weighted by Crippen LogP contribution is -2.30. The summed E-state index contributed by atoms with van der Waals surface area (Å²) in [6, 6.07) is 7.08. The van der Waals surface area contributed by atoms with E-state index in [9.17, 15) is 4.79 Å². The first-order chi connectivity index (χ1) is 8.13. The predicted octanol–water partition coefficient (Wildman–Crippen LogP) is 1.73. The highest BCUT2D eigenvalue weighted by molar-refractivity contribution is 7.98. The van der Waals surface area contributed by atoms with Crippen LogP contribution in [0, 0.1) is 0 Å². The van der Waals surface area contributed by atoms with Crippen LogP contribution in [-0.4, -0.2) is 30.0 Å². The second kappa shape index (κ2) is 7.19. The first-order valence-corrected chi connectivity index (χ1v) is 6.48. The van der Waals surface area contributed by atoms with Gasteiger partial charge in [0.25, 0.3) is 0 Å². The average Bonchev–Trinajstić information content (AvgIpc) is 2.34. The summed E-state index contributed by atoms with van der Waals surface area (Å²) in [7, 11) is 1.64. The molecule has 4 nitrogen and oxygen atoms in total. The molecule has 0 aromatic heterocycles. The Morgan fingerprint density at radius 1 is 1.59 bits per heavy atom. The van der Waals surface area contributed by atoms with Crippen LogP contribution in [0.1, 0.15) is 12.0 Å². The molecule has 0 saturated carbocycles. The first-order valence-electron chi connectivity index (χ1n) is 5.32. The second-order valence-electron chi connectivity index (χ2n) is 3.64. The van der Waals surface area contributed by atoms with Crippen molar-refractivity contribution in [3.8, 4) is 5.75 Å². The molecule has 1 atom stereocenters. The van der Waals surface area contributed by atoms with E-state index < -0.39 is 12.0 Å². The Morgan fingerprint density at radius 3 is 3.00 bits per heavy atom. The molecular weight excluding hydrogens is 238 g/mol. The van der Waals surface area contributed by atoms with Crippen LogP contribution in [-0.2, 0) is 10.5 Å². The van der Waals surface area contributed by atoms with E-state index in [0.717, 1.165) is 17.3 Å². The van der Waals surface area contributed by atoms with Gasteiger partial charge in [0.2, 0.25) is 0 Å². The maximum atomic E-state index is 10.5. The second-order valence-corrected chi connectivity index (χ2v) is 4.74. The Kier molecular flexibility index (Phi) is 5.86. The number of aliphatic carboxylic acids is 1. The molecule has 17 heavy (non-hydrogen) atoms. The zero-order valence-corrected chi connectivity index (χ0v) is 10.6. The van der Waals surface area contributed by atoms with Crippen LogP contribution in [0.5, 0.6) is 5.75 Å². The number of methoxy groups -OCH3 is 1. The Hall–Kier alpha value is -1.20. The molecule has 0 aliphatic rings. The van der Waals surface area contributed by atoms with Gasteiger partial charge in [0.15, 0.2) is 0 Å². The molecule has 5 heteroatoms. The number of ether oxygens (including phenoxy) is 1. The van der Waals surface area contributed by atoms with Gasteiger partial charge < -0.3 is 15.6 Å². The van der Waals surface area contributed by atoms with Crippen LogP contribution < -0.4 is 10.5 Å². The van der Waals surface area contributed by atoms with E-state index in [1.54, 1.807) is 18.9 Å². The molecule has 0 aliphatic heterocycles. The normalized spacial score (nSPS) is 12.1. The van der Waals surface area contributed by atoms with Crippen molar-refractivity contribution in [1.29, 1.82) is 0 Å². The summed E-state index contributed by atoms with van der Waals surface area (Å²) in [6.07, 6.45) is 0.490. The summed E-state index contributed by atoms with van der Waals surface area (Å²) in [4.78, 5) is 10.5. The molecular formula is C12H17NO3S. The van der Waals surface area contributed by atoms with Crippen LogP contribution in [0.3, 0.4) is 0 Å². The number of hydrogen-bond acceptors (Lipinski definition) is 4. The third kappa shape index (κ3) is 5.10. The highest BCUT2D eigenvalue weighted by Crippen LogP contribution is 2.18. The molecule has 0 saturated heterocycles. The minimum atomic E-state index is -0.938. The zero-order chi connectivity index (χ0) is 12.7. The van der Waals surface area contributed by atoms with Gasteiger partial charge in [-0.2, -0.15) is 11.8 Å². The number of benzene rings is 1. The number of rotatable bonds is 7. The fourth-order valence-corrected chi connectivity index (χ4v) is 2.27. The van der Waals surface area contributed by atoms with Crippen molar-refractivity contribution in [3.63, 3.8) is 0 Å². The van der Waals surface area contributed by atoms with Crippen molar-refractivity contribution in [2.75, 3.05) is 12.9 Å². The van der Waals surface area contributed by atoms with Gasteiger partial charge in [-0.25, -0.2) is 0 Å². The summed E-state index contributed by atoms with van der Waals surface area (Å²) < 4.78 is 5.12. The quantitative estimate of drug-likeness (QED) is 0.726. The lowest BCUT2D eigenvalue weighted by Gasteiger charge is -2.06. The lowest BCUT2D eigenvalue weighted by molar-refractivity contribution is -0.138. The highest BCUT2D eigenvalue weighted by atomic mass is 32.2. The molecule has 0 spiro atoms. The Morgan fingerprint density at radius 2 is 2.35 bits per heavy atom. The van der Waals surface area contributed by atoms with Crippen LogP contribution in [0.15, 0.2) is 24.3 Å². The minimum Gasteiger partial charge on any atom is -0.497 e. The Labute approximate surface area is 105 Å². The van der Waals surface area contributed by atoms with E-state index in [1.807, 2.05) is 24.3 Å². The summed E-state index contributed by atoms with van der Waals surface area (Å²) in [5, 5.41) is 8.62. The molecule has 0 heterocycles. The molecule has 0 radical (unpaired) electrons. The summed E-state index contributed by atoms with van der Waals surface area (Å²) in [5.74, 6) is 1.48. The minimum absolute atomic E-state index is 0.490. The van der Waals surface area contributed by atoms with E-state index in [-0.39, 0.29) is 0 Å². The van der Waals surface area contributed by atoms with Gasteiger partial charge >= 0.3 is 5.97 Å². The van der Waals surface area contributed by atoms with Gasteiger partial charge in [-0.05, 0) is 29.9 Å². The number of hydrogen-bond donors (Lipinski definition) is 2. The van der Waals surface area contributed by atoms with Gasteiger partial charge in [-0.1, -0.05) is 12.1 Å². The molecule has 0 amide bonds. The smallest absolute Gasteiger partial charge is 0.320 e. The zero-order valence-electron chi connectivity index (χ0n) is 9.76. The maximum Gasteiger partial charge on any atom is 0.320 e. The van der Waals surface area contributed by atoms with Crippen LogP contribution >= 0.6 is 11.8 Å². The van der Waals surface area contributed by atoms with Crippen LogP contribution in [0.4, 0.5) is 0 Å². The van der Waals surface area contributed by atoms with Crippen molar-refractivity contribution in [3.05, 3.63) is 29.8 Å². The van der Waals surface area contributed by atoms with E-state index in [1.165, 1.54) is 5.56 Å². The number of nitrogens with two attached hydrogens (primary N) is 1. The average molecular weight is 255 g/mol. The predicted molar refractivity (Wildman–Crippen MR) is 69.4 cm³/mol. The summed E-state index contributed by atoms with van der Waals surface area (Å²) >= 11 is 1.67. The fourth-order valence-electron chi connectivity index (χ4n) is 1.29. The third-order valence-electron chi connectivity index (χ3n) is 2.29. The van der Waals surface area contributed by atoms with E-state index >= 15 is 0 Å². The molecule has 0 fully saturated rings. The number of carboxylic acids is 1. The van der Waals surface area contributed by atoms with Crippen molar-refractivity contribution in [2.24, 2.45) is 5.73 Å². The largest absolute Gasteiger partial charge is 0.497 e. The summed E-state index contributed by atoms with van der Waals surface area (Å²) in [6.45, 7) is 0. The van der Waals surface area contributed by atoms with Crippen molar-refractivity contribution in [1.82, 2.24) is 0 Å². The monoisotopic (exact) mass is 255 g/mol. The molecule has 0 aliphatic carbocycles. The number of thioether (sulfide) groups is 1. The van der Waals surface area contributed by atoms with Crippen molar-refractivity contribution < 1.29 is 14.6 Å². The number of carboxylic acid groups (broad SMARTS) is 1. The van der Waals surface area contributed by atoms with Crippen LogP contribution in [0.2, 0.25) is 0 Å². The number of carbonyl (C=O) groups is 1. The molecule has 3 N–H and O–H groups in total. The van der Waals surface area contributed by atoms with Gasteiger partial charge in [0.05, 0.1) is 7.11 Å². The van der Waals surface area contributed by atoms with Gasteiger partial charge in [0, 0.05) is 5.75 Å².